The monoisotopic (exact) mass is 452 g/mol. The number of benzene rings is 2. The van der Waals surface area contributed by atoms with Crippen LogP contribution in [0.4, 0.5) is 24.5 Å². The highest BCUT2D eigenvalue weighted by atomic mass is 32.2. The summed E-state index contributed by atoms with van der Waals surface area (Å²) in [6.45, 7) is 0. The highest BCUT2D eigenvalue weighted by Crippen LogP contribution is 2.37. The van der Waals surface area contributed by atoms with Crippen molar-refractivity contribution in [1.82, 2.24) is 0 Å². The quantitative estimate of drug-likeness (QED) is 0.604. The van der Waals surface area contributed by atoms with E-state index in [1.807, 2.05) is 0 Å². The van der Waals surface area contributed by atoms with Gasteiger partial charge >= 0.3 is 6.18 Å². The second-order valence-electron chi connectivity index (χ2n) is 6.47. The third-order valence-electron chi connectivity index (χ3n) is 4.16. The predicted molar refractivity (Wildman–Crippen MR) is 106 cm³/mol. The zero-order valence-corrected chi connectivity index (χ0v) is 16.7. The molecule has 0 spiro atoms. The molecule has 0 aliphatic heterocycles. The first-order chi connectivity index (χ1) is 14.4. The van der Waals surface area contributed by atoms with Crippen molar-refractivity contribution in [2.75, 3.05) is 16.9 Å². The first-order valence-electron chi connectivity index (χ1n) is 8.61. The van der Waals surface area contributed by atoms with Crippen molar-refractivity contribution in [3.8, 4) is 0 Å². The van der Waals surface area contributed by atoms with Gasteiger partial charge < -0.3 is 15.1 Å². The van der Waals surface area contributed by atoms with E-state index in [-0.39, 0.29) is 21.7 Å². The number of hydrogen-bond acceptors (Lipinski definition) is 5. The Hall–Kier alpha value is -3.60. The number of amides is 2. The van der Waals surface area contributed by atoms with E-state index in [1.54, 1.807) is 0 Å². The van der Waals surface area contributed by atoms with E-state index in [9.17, 15) is 31.2 Å². The molecule has 0 saturated heterocycles. The van der Waals surface area contributed by atoms with Crippen LogP contribution in [0.15, 0.2) is 70.4 Å². The Labute approximate surface area is 174 Å². The minimum Gasteiger partial charge on any atom is -0.472 e. The number of carbonyl (C=O) groups excluding carboxylic acids is 2. The molecule has 31 heavy (non-hydrogen) atoms. The highest BCUT2D eigenvalue weighted by Gasteiger charge is 2.34. The van der Waals surface area contributed by atoms with Crippen LogP contribution in [0.1, 0.15) is 26.3 Å². The molecule has 0 aliphatic carbocycles. The third-order valence-corrected chi connectivity index (χ3v) is 5.29. The van der Waals surface area contributed by atoms with Crippen molar-refractivity contribution < 1.29 is 35.6 Å². The molecule has 7 nitrogen and oxygen atoms in total. The van der Waals surface area contributed by atoms with Gasteiger partial charge in [-0.3, -0.25) is 9.59 Å². The molecule has 2 amide bonds. The fraction of sp³-hybridized carbons (Fsp3) is 0.100. The van der Waals surface area contributed by atoms with Gasteiger partial charge in [-0.25, -0.2) is 8.42 Å². The van der Waals surface area contributed by atoms with Crippen LogP contribution in [-0.2, 0) is 16.0 Å². The summed E-state index contributed by atoms with van der Waals surface area (Å²) < 4.78 is 68.3. The lowest BCUT2D eigenvalue weighted by Crippen LogP contribution is -2.18. The van der Waals surface area contributed by atoms with E-state index in [1.165, 1.54) is 42.7 Å². The molecule has 2 aromatic carbocycles. The van der Waals surface area contributed by atoms with E-state index in [2.05, 4.69) is 10.6 Å². The minimum absolute atomic E-state index is 0.0298. The lowest BCUT2D eigenvalue weighted by atomic mass is 10.1. The molecule has 3 aromatic rings. The maximum Gasteiger partial charge on any atom is 0.418 e. The van der Waals surface area contributed by atoms with Crippen molar-refractivity contribution in [3.63, 3.8) is 0 Å². The molecule has 2 N–H and O–H groups in total. The SMILES string of the molecule is CS(=O)(=O)c1ccc(C(=O)Nc2ccc(NC(=O)c3ccoc3)cc2C(F)(F)F)cc1. The van der Waals surface area contributed by atoms with E-state index < -0.39 is 39.1 Å². The number of carbonyl (C=O) groups is 2. The van der Waals surface area contributed by atoms with E-state index >= 15 is 0 Å². The number of hydrogen-bond donors (Lipinski definition) is 2. The average Bonchev–Trinajstić information content (AvgIpc) is 3.23. The van der Waals surface area contributed by atoms with Gasteiger partial charge in [0.1, 0.15) is 6.26 Å². The van der Waals surface area contributed by atoms with Gasteiger partial charge in [-0.05, 0) is 48.5 Å². The Morgan fingerprint density at radius 1 is 0.903 bits per heavy atom. The van der Waals surface area contributed by atoms with Gasteiger partial charge in [0.2, 0.25) is 0 Å². The topological polar surface area (TPSA) is 105 Å². The van der Waals surface area contributed by atoms with Gasteiger partial charge in [-0.2, -0.15) is 13.2 Å². The Morgan fingerprint density at radius 3 is 2.10 bits per heavy atom. The largest absolute Gasteiger partial charge is 0.472 e. The van der Waals surface area contributed by atoms with E-state index in [0.29, 0.717) is 6.07 Å². The second kappa shape index (κ2) is 8.26. The summed E-state index contributed by atoms with van der Waals surface area (Å²) in [5.41, 5.74) is -1.72. The Bertz CT molecular complexity index is 1220. The van der Waals surface area contributed by atoms with Crippen LogP contribution in [-0.4, -0.2) is 26.5 Å². The molecule has 162 valence electrons. The normalized spacial score (nSPS) is 11.7. The van der Waals surface area contributed by atoms with Gasteiger partial charge in [0, 0.05) is 17.5 Å². The summed E-state index contributed by atoms with van der Waals surface area (Å²) in [6, 6.07) is 9.01. The molecular formula is C20H15F3N2O5S. The molecule has 0 atom stereocenters. The average molecular weight is 452 g/mol. The molecule has 0 radical (unpaired) electrons. The Kier molecular flexibility index (Phi) is 5.89. The first-order valence-corrected chi connectivity index (χ1v) is 10.5. The maximum absolute atomic E-state index is 13.5. The third kappa shape index (κ3) is 5.31. The number of halogens is 3. The molecule has 0 fully saturated rings. The Morgan fingerprint density at radius 2 is 1.55 bits per heavy atom. The van der Waals surface area contributed by atoms with Crippen molar-refractivity contribution in [3.05, 3.63) is 77.7 Å². The standard InChI is InChI=1S/C20H15F3N2O5S/c1-31(28,29)15-5-2-12(3-6-15)18(26)25-17-7-4-14(10-16(17)20(21,22)23)24-19(27)13-8-9-30-11-13/h2-11H,1H3,(H,24,27)(H,25,26). The Balaban J connectivity index is 1.85. The molecule has 3 rings (SSSR count). The number of anilines is 2. The number of rotatable bonds is 5. The van der Waals surface area contributed by atoms with E-state index in [4.69, 9.17) is 4.42 Å². The number of nitrogens with one attached hydrogen (secondary N) is 2. The van der Waals surface area contributed by atoms with Crippen molar-refractivity contribution in [1.29, 1.82) is 0 Å². The van der Waals surface area contributed by atoms with Gasteiger partial charge in [0.05, 0.1) is 28.0 Å². The smallest absolute Gasteiger partial charge is 0.418 e. The highest BCUT2D eigenvalue weighted by molar-refractivity contribution is 7.90. The zero-order valence-electron chi connectivity index (χ0n) is 15.9. The van der Waals surface area contributed by atoms with Gasteiger partial charge in [0.25, 0.3) is 11.8 Å². The minimum atomic E-state index is -4.82. The lowest BCUT2D eigenvalue weighted by Gasteiger charge is -2.16. The molecule has 0 bridgehead atoms. The van der Waals surface area contributed by atoms with Crippen molar-refractivity contribution in [2.24, 2.45) is 0 Å². The molecule has 0 saturated carbocycles. The van der Waals surface area contributed by atoms with Crippen molar-refractivity contribution in [2.45, 2.75) is 11.1 Å². The summed E-state index contributed by atoms with van der Waals surface area (Å²) in [7, 11) is -3.48. The van der Waals surface area contributed by atoms with Crippen LogP contribution < -0.4 is 10.6 Å². The van der Waals surface area contributed by atoms with Crippen LogP contribution >= 0.6 is 0 Å². The number of sulfone groups is 1. The van der Waals surface area contributed by atoms with Crippen LogP contribution in [0.5, 0.6) is 0 Å². The fourth-order valence-electron chi connectivity index (χ4n) is 2.61. The molecule has 11 heteroatoms. The number of furan rings is 1. The van der Waals surface area contributed by atoms with E-state index in [0.717, 1.165) is 18.6 Å². The molecule has 1 aromatic heterocycles. The predicted octanol–water partition coefficient (Wildman–Crippen LogP) is 4.21. The summed E-state index contributed by atoms with van der Waals surface area (Å²) in [4.78, 5) is 24.4. The number of alkyl halides is 3. The molecule has 0 unspecified atom stereocenters. The van der Waals surface area contributed by atoms with Crippen molar-refractivity contribution >= 4 is 33.0 Å². The summed E-state index contributed by atoms with van der Waals surface area (Å²) in [5, 5.41) is 4.48. The molecular weight excluding hydrogens is 437 g/mol. The van der Waals surface area contributed by atoms with Gasteiger partial charge in [-0.1, -0.05) is 0 Å². The summed E-state index contributed by atoms with van der Waals surface area (Å²) in [6.07, 6.45) is -1.44. The van der Waals surface area contributed by atoms with Crippen LogP contribution in [0.2, 0.25) is 0 Å². The van der Waals surface area contributed by atoms with Crippen LogP contribution in [0.3, 0.4) is 0 Å². The second-order valence-corrected chi connectivity index (χ2v) is 8.49. The van der Waals surface area contributed by atoms with Gasteiger partial charge in [0.15, 0.2) is 9.84 Å². The lowest BCUT2D eigenvalue weighted by molar-refractivity contribution is -0.136. The summed E-state index contributed by atoms with van der Waals surface area (Å²) >= 11 is 0. The maximum atomic E-state index is 13.5. The van der Waals surface area contributed by atoms with Crippen LogP contribution in [0.25, 0.3) is 0 Å². The fourth-order valence-corrected chi connectivity index (χ4v) is 3.24. The molecule has 1 heterocycles. The molecule has 0 aliphatic rings. The van der Waals surface area contributed by atoms with Gasteiger partial charge in [-0.15, -0.1) is 0 Å². The first kappa shape index (κ1) is 22.1. The van der Waals surface area contributed by atoms with Crippen LogP contribution in [0, 0.1) is 0 Å². The zero-order chi connectivity index (χ0) is 22.8. The summed E-state index contributed by atoms with van der Waals surface area (Å²) in [5.74, 6) is -1.52.